The lowest BCUT2D eigenvalue weighted by atomic mass is 10.1. The molecule has 2 aromatic rings. The first kappa shape index (κ1) is 17.4. The Balaban J connectivity index is 1.88. The van der Waals surface area contributed by atoms with Gasteiger partial charge in [-0.2, -0.15) is 0 Å². The molecule has 2 N–H and O–H groups in total. The minimum absolute atomic E-state index is 0.202. The minimum Gasteiger partial charge on any atom is -0.357 e. The quantitative estimate of drug-likeness (QED) is 0.630. The molecule has 0 saturated heterocycles. The third-order valence-electron chi connectivity index (χ3n) is 3.34. The zero-order valence-electron chi connectivity index (χ0n) is 13.8. The largest absolute Gasteiger partial charge is 0.357 e. The molecule has 0 bridgehead atoms. The maximum atomic E-state index is 12.9. The van der Waals surface area contributed by atoms with Gasteiger partial charge in [-0.25, -0.2) is 14.4 Å². The molecule has 124 valence electrons. The van der Waals surface area contributed by atoms with E-state index < -0.39 is 0 Å². The molecule has 0 amide bonds. The zero-order chi connectivity index (χ0) is 16.7. The second kappa shape index (κ2) is 8.62. The van der Waals surface area contributed by atoms with E-state index >= 15 is 0 Å². The van der Waals surface area contributed by atoms with E-state index in [-0.39, 0.29) is 5.82 Å². The standard InChI is InChI=1S/C17H23FN4S/c1-4-19-17(21-11-16-12(2)22-13(3)23-16)20-10-9-14-5-7-15(18)8-6-14/h5-8H,4,9-11H2,1-3H3,(H2,19,20,21). The molecule has 0 fully saturated rings. The average molecular weight is 334 g/mol. The lowest BCUT2D eigenvalue weighted by Gasteiger charge is -2.11. The lowest BCUT2D eigenvalue weighted by Crippen LogP contribution is -2.38. The summed E-state index contributed by atoms with van der Waals surface area (Å²) in [5, 5.41) is 7.62. The maximum Gasteiger partial charge on any atom is 0.191 e. The Labute approximate surface area is 140 Å². The fourth-order valence-corrected chi connectivity index (χ4v) is 3.05. The normalized spacial score (nSPS) is 11.6. The highest BCUT2D eigenvalue weighted by atomic mass is 32.1. The molecule has 0 radical (unpaired) electrons. The van der Waals surface area contributed by atoms with Crippen LogP contribution in [0.1, 0.15) is 28.1 Å². The van der Waals surface area contributed by atoms with Crippen LogP contribution in [0.15, 0.2) is 29.3 Å². The number of guanidine groups is 1. The molecule has 1 aromatic heterocycles. The highest BCUT2D eigenvalue weighted by molar-refractivity contribution is 7.11. The van der Waals surface area contributed by atoms with E-state index in [9.17, 15) is 4.39 Å². The van der Waals surface area contributed by atoms with Crippen LogP contribution in [-0.2, 0) is 13.0 Å². The van der Waals surface area contributed by atoms with Crippen LogP contribution in [0.4, 0.5) is 4.39 Å². The fourth-order valence-electron chi connectivity index (χ4n) is 2.19. The predicted octanol–water partition coefficient (Wildman–Crippen LogP) is 3.20. The molecule has 0 saturated carbocycles. The smallest absolute Gasteiger partial charge is 0.191 e. The molecule has 0 aliphatic rings. The van der Waals surface area contributed by atoms with E-state index in [4.69, 9.17) is 0 Å². The summed E-state index contributed by atoms with van der Waals surface area (Å²) in [6, 6.07) is 6.60. The molecule has 0 aliphatic carbocycles. The van der Waals surface area contributed by atoms with Crippen LogP contribution in [0, 0.1) is 19.7 Å². The van der Waals surface area contributed by atoms with E-state index in [0.717, 1.165) is 41.7 Å². The van der Waals surface area contributed by atoms with Crippen molar-refractivity contribution in [2.45, 2.75) is 33.7 Å². The van der Waals surface area contributed by atoms with Crippen molar-refractivity contribution in [3.63, 3.8) is 0 Å². The molecular formula is C17H23FN4S. The Morgan fingerprint density at radius 2 is 1.96 bits per heavy atom. The first-order valence-corrected chi connectivity index (χ1v) is 8.59. The van der Waals surface area contributed by atoms with Gasteiger partial charge < -0.3 is 10.6 Å². The van der Waals surface area contributed by atoms with Crippen molar-refractivity contribution in [3.8, 4) is 0 Å². The number of hydrogen-bond acceptors (Lipinski definition) is 3. The van der Waals surface area contributed by atoms with Crippen LogP contribution in [0.25, 0.3) is 0 Å². The Morgan fingerprint density at radius 1 is 1.22 bits per heavy atom. The summed E-state index contributed by atoms with van der Waals surface area (Å²) in [5.41, 5.74) is 2.15. The number of hydrogen-bond donors (Lipinski definition) is 2. The number of halogens is 1. The van der Waals surface area contributed by atoms with Crippen LogP contribution in [-0.4, -0.2) is 24.0 Å². The average Bonchev–Trinajstić information content (AvgIpc) is 2.84. The van der Waals surface area contributed by atoms with E-state index in [1.165, 1.54) is 17.0 Å². The van der Waals surface area contributed by atoms with Crippen molar-refractivity contribution in [2.24, 2.45) is 4.99 Å². The molecule has 1 heterocycles. The molecular weight excluding hydrogens is 311 g/mol. The third kappa shape index (κ3) is 5.63. The first-order chi connectivity index (χ1) is 11.1. The van der Waals surface area contributed by atoms with Crippen molar-refractivity contribution in [2.75, 3.05) is 13.1 Å². The van der Waals surface area contributed by atoms with Crippen molar-refractivity contribution in [3.05, 3.63) is 51.2 Å². The number of aryl methyl sites for hydroxylation is 2. The number of aliphatic imine (C=N–C) groups is 1. The topological polar surface area (TPSA) is 49.3 Å². The van der Waals surface area contributed by atoms with Gasteiger partial charge >= 0.3 is 0 Å². The minimum atomic E-state index is -0.202. The summed E-state index contributed by atoms with van der Waals surface area (Å²) >= 11 is 1.69. The van der Waals surface area contributed by atoms with Gasteiger partial charge in [0, 0.05) is 18.0 Å². The predicted molar refractivity (Wildman–Crippen MR) is 94.5 cm³/mol. The summed E-state index contributed by atoms with van der Waals surface area (Å²) in [4.78, 5) is 10.2. The summed E-state index contributed by atoms with van der Waals surface area (Å²) in [6.45, 7) is 8.25. The SMILES string of the molecule is CCNC(=NCc1sc(C)nc1C)NCCc1ccc(F)cc1. The third-order valence-corrected chi connectivity index (χ3v) is 4.40. The van der Waals surface area contributed by atoms with Crippen molar-refractivity contribution in [1.82, 2.24) is 15.6 Å². The summed E-state index contributed by atoms with van der Waals surface area (Å²) in [6.07, 6.45) is 0.823. The van der Waals surface area contributed by atoms with E-state index in [1.54, 1.807) is 11.3 Å². The van der Waals surface area contributed by atoms with Gasteiger partial charge in [0.2, 0.25) is 0 Å². The molecule has 0 unspecified atom stereocenters. The second-order valence-electron chi connectivity index (χ2n) is 5.24. The Kier molecular flexibility index (Phi) is 6.52. The number of rotatable bonds is 6. The number of benzene rings is 1. The summed E-state index contributed by atoms with van der Waals surface area (Å²) in [7, 11) is 0. The van der Waals surface area contributed by atoms with Gasteiger partial charge in [0.1, 0.15) is 5.82 Å². The molecule has 2 rings (SSSR count). The zero-order valence-corrected chi connectivity index (χ0v) is 14.6. The van der Waals surface area contributed by atoms with Crippen LogP contribution in [0.2, 0.25) is 0 Å². The molecule has 0 aliphatic heterocycles. The Morgan fingerprint density at radius 3 is 2.57 bits per heavy atom. The molecule has 23 heavy (non-hydrogen) atoms. The number of thiazole rings is 1. The highest BCUT2D eigenvalue weighted by Crippen LogP contribution is 2.17. The fraction of sp³-hybridized carbons (Fsp3) is 0.412. The van der Waals surface area contributed by atoms with E-state index in [0.29, 0.717) is 6.54 Å². The number of aromatic nitrogens is 1. The number of nitrogens with one attached hydrogen (secondary N) is 2. The molecule has 1 aromatic carbocycles. The highest BCUT2D eigenvalue weighted by Gasteiger charge is 2.05. The van der Waals surface area contributed by atoms with E-state index in [1.807, 2.05) is 32.9 Å². The van der Waals surface area contributed by atoms with Gasteiger partial charge in [-0.3, -0.25) is 0 Å². The first-order valence-electron chi connectivity index (χ1n) is 7.78. The summed E-state index contributed by atoms with van der Waals surface area (Å²) < 4.78 is 12.9. The van der Waals surface area contributed by atoms with E-state index in [2.05, 4.69) is 20.6 Å². The van der Waals surface area contributed by atoms with Gasteiger partial charge in [-0.15, -0.1) is 11.3 Å². The molecule has 0 spiro atoms. The maximum absolute atomic E-state index is 12.9. The Hall–Kier alpha value is -1.95. The van der Waals surface area contributed by atoms with Crippen molar-refractivity contribution < 1.29 is 4.39 Å². The monoisotopic (exact) mass is 334 g/mol. The van der Waals surface area contributed by atoms with Crippen LogP contribution >= 0.6 is 11.3 Å². The van der Waals surface area contributed by atoms with Gasteiger partial charge in [-0.05, 0) is 44.9 Å². The van der Waals surface area contributed by atoms with Gasteiger partial charge in [0.05, 0.1) is 17.2 Å². The lowest BCUT2D eigenvalue weighted by molar-refractivity contribution is 0.626. The van der Waals surface area contributed by atoms with Gasteiger partial charge in [-0.1, -0.05) is 12.1 Å². The molecule has 4 nitrogen and oxygen atoms in total. The Bertz CT molecular complexity index is 649. The van der Waals surface area contributed by atoms with Crippen LogP contribution in [0.3, 0.4) is 0 Å². The van der Waals surface area contributed by atoms with Gasteiger partial charge in [0.15, 0.2) is 5.96 Å². The summed E-state index contributed by atoms with van der Waals surface area (Å²) in [5.74, 6) is 0.590. The van der Waals surface area contributed by atoms with Crippen molar-refractivity contribution in [1.29, 1.82) is 0 Å². The second-order valence-corrected chi connectivity index (χ2v) is 6.53. The van der Waals surface area contributed by atoms with Gasteiger partial charge in [0.25, 0.3) is 0 Å². The molecule has 0 atom stereocenters. The van der Waals surface area contributed by atoms with Crippen molar-refractivity contribution >= 4 is 17.3 Å². The van der Waals surface area contributed by atoms with Crippen LogP contribution in [0.5, 0.6) is 0 Å². The molecule has 6 heteroatoms. The van der Waals surface area contributed by atoms with Crippen LogP contribution < -0.4 is 10.6 Å². The number of nitrogens with zero attached hydrogens (tertiary/aromatic N) is 2.